The van der Waals surface area contributed by atoms with E-state index in [1.807, 2.05) is 0 Å². The highest BCUT2D eigenvalue weighted by atomic mass is 16.3. The molecule has 0 aromatic rings. The van der Waals surface area contributed by atoms with Crippen LogP contribution in [0, 0.1) is 0 Å². The second-order valence-electron chi connectivity index (χ2n) is 5.29. The predicted molar refractivity (Wildman–Crippen MR) is 72.3 cm³/mol. The Balaban J connectivity index is 2.12. The molecule has 1 rings (SSSR count). The fourth-order valence-corrected chi connectivity index (χ4v) is 2.27. The summed E-state index contributed by atoms with van der Waals surface area (Å²) in [6.07, 6.45) is 0.895. The van der Waals surface area contributed by atoms with Gasteiger partial charge in [-0.2, -0.15) is 0 Å². The van der Waals surface area contributed by atoms with E-state index in [1.54, 1.807) is 0 Å². The molecule has 0 spiro atoms. The maximum absolute atomic E-state index is 9.89. The molecular weight excluding hydrogens is 214 g/mol. The van der Waals surface area contributed by atoms with E-state index in [0.29, 0.717) is 6.04 Å². The third-order valence-corrected chi connectivity index (χ3v) is 3.41. The second-order valence-corrected chi connectivity index (χ2v) is 5.29. The van der Waals surface area contributed by atoms with E-state index >= 15 is 0 Å². The first-order chi connectivity index (χ1) is 8.13. The summed E-state index contributed by atoms with van der Waals surface area (Å²) < 4.78 is 0. The molecular formula is C13H29N3O. The summed E-state index contributed by atoms with van der Waals surface area (Å²) in [5, 5.41) is 13.1. The number of hydrogen-bond acceptors (Lipinski definition) is 4. The smallest absolute Gasteiger partial charge is 0.0791 e. The molecule has 0 bridgehead atoms. The molecule has 1 unspecified atom stereocenters. The van der Waals surface area contributed by atoms with Crippen LogP contribution in [0.2, 0.25) is 0 Å². The molecule has 2 N–H and O–H groups in total. The lowest BCUT2D eigenvalue weighted by Crippen LogP contribution is -2.51. The fourth-order valence-electron chi connectivity index (χ4n) is 2.27. The minimum absolute atomic E-state index is 0.229. The van der Waals surface area contributed by atoms with Crippen molar-refractivity contribution in [2.24, 2.45) is 0 Å². The number of β-amino-alcohol motifs (C(OH)–C–C–N with tert-alkyl or cyclic N) is 1. The number of hydrogen-bond donors (Lipinski definition) is 2. The Morgan fingerprint density at radius 3 is 2.35 bits per heavy atom. The molecule has 1 fully saturated rings. The number of nitrogens with zero attached hydrogens (tertiary/aromatic N) is 2. The van der Waals surface area contributed by atoms with Crippen LogP contribution in [0.4, 0.5) is 0 Å². The van der Waals surface area contributed by atoms with Crippen molar-refractivity contribution < 1.29 is 5.11 Å². The first kappa shape index (κ1) is 14.9. The van der Waals surface area contributed by atoms with Gasteiger partial charge in [-0.25, -0.2) is 0 Å². The number of piperazine rings is 1. The Kier molecular flexibility index (Phi) is 7.04. The van der Waals surface area contributed by atoms with Crippen LogP contribution in [0.25, 0.3) is 0 Å². The maximum Gasteiger partial charge on any atom is 0.0791 e. The van der Waals surface area contributed by atoms with Gasteiger partial charge in [0, 0.05) is 45.3 Å². The summed E-state index contributed by atoms with van der Waals surface area (Å²) in [5.41, 5.74) is 0. The molecule has 102 valence electrons. The van der Waals surface area contributed by atoms with Gasteiger partial charge in [-0.3, -0.25) is 9.80 Å². The number of aliphatic hydroxyl groups excluding tert-OH is 1. The summed E-state index contributed by atoms with van der Waals surface area (Å²) >= 11 is 0. The van der Waals surface area contributed by atoms with Gasteiger partial charge in [0.15, 0.2) is 0 Å². The van der Waals surface area contributed by atoms with Crippen LogP contribution in [0.5, 0.6) is 0 Å². The number of aliphatic hydroxyl groups is 1. The second kappa shape index (κ2) is 8.03. The van der Waals surface area contributed by atoms with Gasteiger partial charge in [0.1, 0.15) is 0 Å². The summed E-state index contributed by atoms with van der Waals surface area (Å²) in [5.74, 6) is 0. The molecule has 0 aromatic carbocycles. The number of rotatable bonds is 7. The molecule has 4 heteroatoms. The van der Waals surface area contributed by atoms with E-state index in [4.69, 9.17) is 0 Å². The topological polar surface area (TPSA) is 38.7 Å². The van der Waals surface area contributed by atoms with Gasteiger partial charge < -0.3 is 10.4 Å². The van der Waals surface area contributed by atoms with Crippen molar-refractivity contribution in [3.05, 3.63) is 0 Å². The highest BCUT2D eigenvalue weighted by molar-refractivity contribution is 4.76. The molecule has 0 amide bonds. The van der Waals surface area contributed by atoms with Crippen molar-refractivity contribution in [1.29, 1.82) is 0 Å². The first-order valence-electron chi connectivity index (χ1n) is 6.98. The van der Waals surface area contributed by atoms with E-state index in [0.717, 1.165) is 52.2 Å². The fraction of sp³-hybridized carbons (Fsp3) is 1.00. The number of nitrogens with one attached hydrogen (secondary N) is 1. The molecule has 1 heterocycles. The van der Waals surface area contributed by atoms with Crippen LogP contribution in [-0.4, -0.2) is 72.9 Å². The van der Waals surface area contributed by atoms with Crippen molar-refractivity contribution in [1.82, 2.24) is 15.1 Å². The zero-order valence-corrected chi connectivity index (χ0v) is 11.7. The van der Waals surface area contributed by atoms with Gasteiger partial charge in [-0.15, -0.1) is 0 Å². The van der Waals surface area contributed by atoms with Crippen molar-refractivity contribution in [2.45, 2.75) is 39.3 Å². The van der Waals surface area contributed by atoms with Crippen LogP contribution in [0.15, 0.2) is 0 Å². The summed E-state index contributed by atoms with van der Waals surface area (Å²) in [4.78, 5) is 4.87. The molecule has 1 aliphatic heterocycles. The summed E-state index contributed by atoms with van der Waals surface area (Å²) in [6.45, 7) is 13.6. The van der Waals surface area contributed by atoms with Gasteiger partial charge in [0.05, 0.1) is 6.10 Å². The molecule has 0 aliphatic carbocycles. The third kappa shape index (κ3) is 5.82. The van der Waals surface area contributed by atoms with Crippen LogP contribution in [-0.2, 0) is 0 Å². The average Bonchev–Trinajstić information content (AvgIpc) is 2.30. The molecule has 4 nitrogen and oxygen atoms in total. The van der Waals surface area contributed by atoms with Crippen LogP contribution >= 0.6 is 0 Å². The molecule has 1 atom stereocenters. The lowest BCUT2D eigenvalue weighted by molar-refractivity contribution is 0.0623. The van der Waals surface area contributed by atoms with Crippen molar-refractivity contribution >= 4 is 0 Å². The molecule has 0 aromatic heterocycles. The largest absolute Gasteiger partial charge is 0.390 e. The molecule has 0 radical (unpaired) electrons. The van der Waals surface area contributed by atoms with Crippen LogP contribution < -0.4 is 5.32 Å². The van der Waals surface area contributed by atoms with Gasteiger partial charge in [0.2, 0.25) is 0 Å². The predicted octanol–water partition coefficient (Wildman–Crippen LogP) is 0.373. The van der Waals surface area contributed by atoms with E-state index in [-0.39, 0.29) is 6.10 Å². The normalized spacial score (nSPS) is 21.0. The highest BCUT2D eigenvalue weighted by Crippen LogP contribution is 2.06. The van der Waals surface area contributed by atoms with Crippen molar-refractivity contribution in [3.8, 4) is 0 Å². The Morgan fingerprint density at radius 1 is 1.18 bits per heavy atom. The van der Waals surface area contributed by atoms with E-state index < -0.39 is 0 Å². The Bertz CT molecular complexity index is 191. The van der Waals surface area contributed by atoms with Crippen LogP contribution in [0.1, 0.15) is 27.2 Å². The van der Waals surface area contributed by atoms with Crippen molar-refractivity contribution in [2.75, 3.05) is 45.8 Å². The Hall–Kier alpha value is -0.160. The highest BCUT2D eigenvalue weighted by Gasteiger charge is 2.20. The van der Waals surface area contributed by atoms with Crippen LogP contribution in [0.3, 0.4) is 0 Å². The molecule has 1 aliphatic rings. The first-order valence-corrected chi connectivity index (χ1v) is 6.98. The minimum atomic E-state index is -0.229. The molecule has 0 saturated carbocycles. The standard InChI is InChI=1S/C13H29N3O/c1-4-5-14-10-13(17)11-15-6-8-16(9-7-15)12(2)3/h12-14,17H,4-11H2,1-3H3. The van der Waals surface area contributed by atoms with Gasteiger partial charge in [-0.05, 0) is 26.8 Å². The van der Waals surface area contributed by atoms with E-state index in [9.17, 15) is 5.11 Å². The summed E-state index contributed by atoms with van der Waals surface area (Å²) in [6, 6.07) is 0.647. The molecule has 17 heavy (non-hydrogen) atoms. The monoisotopic (exact) mass is 243 g/mol. The Morgan fingerprint density at radius 2 is 1.82 bits per heavy atom. The average molecular weight is 243 g/mol. The van der Waals surface area contributed by atoms with Crippen molar-refractivity contribution in [3.63, 3.8) is 0 Å². The maximum atomic E-state index is 9.89. The third-order valence-electron chi connectivity index (χ3n) is 3.41. The Labute approximate surface area is 106 Å². The quantitative estimate of drug-likeness (QED) is 0.634. The minimum Gasteiger partial charge on any atom is -0.390 e. The molecule has 1 saturated heterocycles. The van der Waals surface area contributed by atoms with Gasteiger partial charge >= 0.3 is 0 Å². The van der Waals surface area contributed by atoms with E-state index in [1.165, 1.54) is 0 Å². The zero-order valence-electron chi connectivity index (χ0n) is 11.7. The van der Waals surface area contributed by atoms with Gasteiger partial charge in [-0.1, -0.05) is 6.92 Å². The zero-order chi connectivity index (χ0) is 12.7. The SMILES string of the molecule is CCCNCC(O)CN1CCN(C(C)C)CC1. The lowest BCUT2D eigenvalue weighted by Gasteiger charge is -2.37. The lowest BCUT2D eigenvalue weighted by atomic mass is 10.2. The van der Waals surface area contributed by atoms with Gasteiger partial charge in [0.25, 0.3) is 0 Å². The summed E-state index contributed by atoms with van der Waals surface area (Å²) in [7, 11) is 0. The van der Waals surface area contributed by atoms with E-state index in [2.05, 4.69) is 35.9 Å².